The predicted octanol–water partition coefficient (Wildman–Crippen LogP) is 2.99. The molecule has 1 heterocycles. The summed E-state index contributed by atoms with van der Waals surface area (Å²) in [6.07, 6.45) is 0.352. The van der Waals surface area contributed by atoms with Crippen molar-refractivity contribution in [2.24, 2.45) is 0 Å². The summed E-state index contributed by atoms with van der Waals surface area (Å²) in [7, 11) is 1.49. The minimum absolute atomic E-state index is 0.0411. The highest BCUT2D eigenvalue weighted by Crippen LogP contribution is 2.43. The maximum Gasteiger partial charge on any atom is 0.275 e. The quantitative estimate of drug-likeness (QED) is 0.774. The highest BCUT2D eigenvalue weighted by molar-refractivity contribution is 5.64. The molecule has 0 spiro atoms. The Morgan fingerprint density at radius 2 is 2.20 bits per heavy atom. The van der Waals surface area contributed by atoms with E-state index in [9.17, 15) is 8.78 Å². The number of methoxy groups -OCH3 is 1. The number of fused-ring (bicyclic) bond motifs is 1. The molecule has 2 rings (SSSR count). The van der Waals surface area contributed by atoms with Crippen molar-refractivity contribution in [2.45, 2.75) is 18.8 Å². The number of anilines is 1. The van der Waals surface area contributed by atoms with Crippen LogP contribution in [-0.4, -0.2) is 13.7 Å². The van der Waals surface area contributed by atoms with Crippen LogP contribution in [0.1, 0.15) is 18.4 Å². The fourth-order valence-electron chi connectivity index (χ4n) is 1.85. The van der Waals surface area contributed by atoms with Crippen LogP contribution in [0, 0.1) is 0 Å². The first-order chi connectivity index (χ1) is 7.15. The molecule has 0 fully saturated rings. The third kappa shape index (κ3) is 1.76. The van der Waals surface area contributed by atoms with Gasteiger partial charge < -0.3 is 10.1 Å². The van der Waals surface area contributed by atoms with Crippen LogP contribution in [0.2, 0.25) is 0 Å². The van der Waals surface area contributed by atoms with Gasteiger partial charge in [-0.2, -0.15) is 0 Å². The number of halogens is 2. The Hall–Kier alpha value is -1.32. The first-order valence-corrected chi connectivity index (χ1v) is 4.94. The Balaban J connectivity index is 2.54. The second kappa shape index (κ2) is 3.68. The molecule has 0 atom stereocenters. The van der Waals surface area contributed by atoms with Crippen molar-refractivity contribution in [3.63, 3.8) is 0 Å². The predicted molar refractivity (Wildman–Crippen MR) is 54.6 cm³/mol. The molecule has 4 heteroatoms. The average Bonchev–Trinajstić information content (AvgIpc) is 2.38. The maximum atomic E-state index is 13.7. The van der Waals surface area contributed by atoms with Crippen molar-refractivity contribution < 1.29 is 13.5 Å². The summed E-state index contributed by atoms with van der Waals surface area (Å²) in [6.45, 7) is 0.558. The van der Waals surface area contributed by atoms with Gasteiger partial charge in [0.15, 0.2) is 0 Å². The summed E-state index contributed by atoms with van der Waals surface area (Å²) in [6, 6.07) is 4.74. The van der Waals surface area contributed by atoms with Gasteiger partial charge in [0.25, 0.3) is 5.92 Å². The van der Waals surface area contributed by atoms with E-state index in [0.717, 1.165) is 0 Å². The monoisotopic (exact) mass is 213 g/mol. The molecule has 0 amide bonds. The molecule has 1 aliphatic heterocycles. The van der Waals surface area contributed by atoms with E-state index >= 15 is 0 Å². The van der Waals surface area contributed by atoms with Gasteiger partial charge in [-0.25, -0.2) is 8.78 Å². The second-order valence-electron chi connectivity index (χ2n) is 3.62. The number of nitrogens with one attached hydrogen (secondary N) is 1. The summed E-state index contributed by atoms with van der Waals surface area (Å²) in [5, 5.41) is 3.00. The van der Waals surface area contributed by atoms with Crippen LogP contribution in [-0.2, 0) is 5.92 Å². The Morgan fingerprint density at radius 1 is 1.40 bits per heavy atom. The molecular formula is C11H13F2NO. The van der Waals surface area contributed by atoms with Gasteiger partial charge in [0, 0.05) is 18.5 Å². The Bertz CT molecular complexity index is 366. The van der Waals surface area contributed by atoms with Crippen LogP contribution >= 0.6 is 0 Å². The van der Waals surface area contributed by atoms with Crippen molar-refractivity contribution in [1.29, 1.82) is 0 Å². The van der Waals surface area contributed by atoms with Gasteiger partial charge in [-0.15, -0.1) is 0 Å². The minimum atomic E-state index is -2.76. The van der Waals surface area contributed by atoms with Crippen LogP contribution in [0.3, 0.4) is 0 Å². The van der Waals surface area contributed by atoms with Crippen LogP contribution in [0.25, 0.3) is 0 Å². The van der Waals surface area contributed by atoms with Gasteiger partial charge in [0.1, 0.15) is 5.75 Å². The molecule has 2 nitrogen and oxygen atoms in total. The van der Waals surface area contributed by atoms with Gasteiger partial charge in [0.05, 0.1) is 12.8 Å². The van der Waals surface area contributed by atoms with E-state index in [2.05, 4.69) is 5.32 Å². The Morgan fingerprint density at radius 3 is 2.93 bits per heavy atom. The van der Waals surface area contributed by atoms with E-state index in [1.165, 1.54) is 13.2 Å². The Kier molecular flexibility index (Phi) is 2.50. The van der Waals surface area contributed by atoms with Crippen LogP contribution in [0.5, 0.6) is 5.75 Å². The number of hydrogen-bond acceptors (Lipinski definition) is 2. The smallest absolute Gasteiger partial charge is 0.275 e. The van der Waals surface area contributed by atoms with Crippen LogP contribution in [0.15, 0.2) is 18.2 Å². The number of benzene rings is 1. The summed E-state index contributed by atoms with van der Waals surface area (Å²) >= 11 is 0. The van der Waals surface area contributed by atoms with Gasteiger partial charge in [-0.05, 0) is 12.5 Å². The molecule has 82 valence electrons. The number of ether oxygens (including phenoxy) is 1. The molecule has 1 aromatic rings. The Labute approximate surface area is 87.2 Å². The van der Waals surface area contributed by atoms with Crippen LogP contribution < -0.4 is 10.1 Å². The van der Waals surface area contributed by atoms with E-state index in [-0.39, 0.29) is 12.0 Å². The molecule has 0 saturated heterocycles. The maximum absolute atomic E-state index is 13.7. The standard InChI is InChI=1S/C11H13F2NO/c1-15-9-5-2-4-8-10(9)14-7-3-6-11(8,12)13/h2,4-5,14H,3,6-7H2,1H3. The van der Waals surface area contributed by atoms with Gasteiger partial charge in [-0.3, -0.25) is 0 Å². The number of rotatable bonds is 1. The van der Waals surface area contributed by atoms with Crippen molar-refractivity contribution >= 4 is 5.69 Å². The first kappa shape index (κ1) is 10.2. The third-order valence-electron chi connectivity index (χ3n) is 2.61. The number of hydrogen-bond donors (Lipinski definition) is 1. The van der Waals surface area contributed by atoms with E-state index in [0.29, 0.717) is 24.4 Å². The fourth-order valence-corrected chi connectivity index (χ4v) is 1.85. The zero-order chi connectivity index (χ0) is 10.9. The lowest BCUT2D eigenvalue weighted by Crippen LogP contribution is -2.12. The number of alkyl halides is 2. The van der Waals surface area contributed by atoms with Crippen molar-refractivity contribution in [1.82, 2.24) is 0 Å². The summed E-state index contributed by atoms with van der Waals surface area (Å²) in [5.41, 5.74) is 0.474. The van der Waals surface area contributed by atoms with Crippen LogP contribution in [0.4, 0.5) is 14.5 Å². The summed E-state index contributed by atoms with van der Waals surface area (Å²) in [4.78, 5) is 0. The first-order valence-electron chi connectivity index (χ1n) is 4.94. The highest BCUT2D eigenvalue weighted by atomic mass is 19.3. The van der Waals surface area contributed by atoms with E-state index in [1.54, 1.807) is 12.1 Å². The van der Waals surface area contributed by atoms with Crippen molar-refractivity contribution in [3.8, 4) is 5.75 Å². The molecule has 0 aromatic heterocycles. The lowest BCUT2D eigenvalue weighted by molar-refractivity contribution is -0.0121. The topological polar surface area (TPSA) is 21.3 Å². The lowest BCUT2D eigenvalue weighted by atomic mass is 10.0. The van der Waals surface area contributed by atoms with E-state index < -0.39 is 5.92 Å². The normalized spacial score (nSPS) is 18.6. The van der Waals surface area contributed by atoms with Crippen molar-refractivity contribution in [3.05, 3.63) is 23.8 Å². The summed E-state index contributed by atoms with van der Waals surface area (Å²) < 4.78 is 32.4. The third-order valence-corrected chi connectivity index (χ3v) is 2.61. The molecule has 0 bridgehead atoms. The molecule has 1 aliphatic rings. The molecule has 1 aromatic carbocycles. The zero-order valence-corrected chi connectivity index (χ0v) is 8.52. The SMILES string of the molecule is COc1cccc2c1NCCCC2(F)F. The molecule has 1 N–H and O–H groups in total. The highest BCUT2D eigenvalue weighted by Gasteiger charge is 2.36. The molecule has 0 unspecified atom stereocenters. The zero-order valence-electron chi connectivity index (χ0n) is 8.52. The lowest BCUT2D eigenvalue weighted by Gasteiger charge is -2.18. The largest absolute Gasteiger partial charge is 0.495 e. The van der Waals surface area contributed by atoms with E-state index in [1.807, 2.05) is 0 Å². The molecule has 0 saturated carbocycles. The molecule has 0 radical (unpaired) electrons. The molecule has 0 aliphatic carbocycles. The fraction of sp³-hybridized carbons (Fsp3) is 0.455. The molecule has 15 heavy (non-hydrogen) atoms. The number of para-hydroxylation sites is 1. The summed E-state index contributed by atoms with van der Waals surface area (Å²) in [5.74, 6) is -2.28. The van der Waals surface area contributed by atoms with Crippen molar-refractivity contribution in [2.75, 3.05) is 19.0 Å². The minimum Gasteiger partial charge on any atom is -0.495 e. The average molecular weight is 213 g/mol. The van der Waals surface area contributed by atoms with Gasteiger partial charge in [0.2, 0.25) is 0 Å². The second-order valence-corrected chi connectivity index (χ2v) is 3.62. The van der Waals surface area contributed by atoms with E-state index in [4.69, 9.17) is 4.74 Å². The van der Waals surface area contributed by atoms with Gasteiger partial charge >= 0.3 is 0 Å². The van der Waals surface area contributed by atoms with Gasteiger partial charge in [-0.1, -0.05) is 12.1 Å². The molecular weight excluding hydrogens is 200 g/mol.